The van der Waals surface area contributed by atoms with Gasteiger partial charge in [0.05, 0.1) is 0 Å². The van der Waals surface area contributed by atoms with Crippen molar-refractivity contribution in [1.29, 1.82) is 0 Å². The van der Waals surface area contributed by atoms with Crippen molar-refractivity contribution >= 4 is 10.2 Å². The fourth-order valence-corrected chi connectivity index (χ4v) is 3.99. The van der Waals surface area contributed by atoms with Gasteiger partial charge in [-0.2, -0.15) is 17.0 Å². The molecule has 1 fully saturated rings. The summed E-state index contributed by atoms with van der Waals surface area (Å²) >= 11 is 0. The molecule has 1 unspecified atom stereocenters. The molecule has 1 saturated heterocycles. The van der Waals surface area contributed by atoms with Gasteiger partial charge in [-0.25, -0.2) is 4.39 Å². The first-order valence-electron chi connectivity index (χ1n) is 7.01. The average molecular weight is 316 g/mol. The van der Waals surface area contributed by atoms with E-state index >= 15 is 0 Å². The molecule has 0 aliphatic carbocycles. The maximum Gasteiger partial charge on any atom is 0.282 e. The summed E-state index contributed by atoms with van der Waals surface area (Å²) in [6, 6.07) is 6.15. The maximum atomic E-state index is 13.6. The number of hydrogen-bond donors (Lipinski definition) is 1. The maximum absolute atomic E-state index is 13.6. The van der Waals surface area contributed by atoms with E-state index in [9.17, 15) is 17.9 Å². The Bertz CT molecular complexity index is 579. The molecule has 1 atom stereocenters. The number of aliphatic hydroxyl groups is 1. The van der Waals surface area contributed by atoms with Crippen molar-refractivity contribution in [3.8, 4) is 0 Å². The van der Waals surface area contributed by atoms with Gasteiger partial charge in [0.2, 0.25) is 0 Å². The molecule has 0 spiro atoms. The second-order valence-corrected chi connectivity index (χ2v) is 7.44. The largest absolute Gasteiger partial charge is 0.396 e. The fraction of sp³-hybridized carbons (Fsp3) is 0.571. The van der Waals surface area contributed by atoms with E-state index in [2.05, 4.69) is 0 Å². The number of hydrogen-bond acceptors (Lipinski definition) is 3. The molecule has 7 heteroatoms. The predicted octanol–water partition coefficient (Wildman–Crippen LogP) is 1.21. The Morgan fingerprint density at radius 1 is 1.43 bits per heavy atom. The van der Waals surface area contributed by atoms with Crippen molar-refractivity contribution in [2.75, 3.05) is 26.7 Å². The molecular formula is C14H21FN2O3S. The predicted molar refractivity (Wildman–Crippen MR) is 78.2 cm³/mol. The molecule has 1 aromatic carbocycles. The van der Waals surface area contributed by atoms with Gasteiger partial charge >= 0.3 is 0 Å². The van der Waals surface area contributed by atoms with Gasteiger partial charge in [0.25, 0.3) is 10.2 Å². The summed E-state index contributed by atoms with van der Waals surface area (Å²) in [6.07, 6.45) is 1.57. The van der Waals surface area contributed by atoms with Crippen LogP contribution in [0.4, 0.5) is 4.39 Å². The fourth-order valence-electron chi connectivity index (χ4n) is 2.53. The number of rotatable bonds is 5. The van der Waals surface area contributed by atoms with Gasteiger partial charge in [-0.05, 0) is 24.8 Å². The second-order valence-electron chi connectivity index (χ2n) is 5.40. The Labute approximate surface area is 125 Å². The van der Waals surface area contributed by atoms with Gasteiger partial charge < -0.3 is 5.11 Å². The number of piperidine rings is 1. The van der Waals surface area contributed by atoms with Crippen molar-refractivity contribution in [2.45, 2.75) is 19.4 Å². The number of nitrogens with zero attached hydrogens (tertiary/aromatic N) is 2. The first kappa shape index (κ1) is 16.4. The van der Waals surface area contributed by atoms with Crippen molar-refractivity contribution in [3.05, 3.63) is 35.6 Å². The van der Waals surface area contributed by atoms with Crippen LogP contribution in [0, 0.1) is 11.7 Å². The van der Waals surface area contributed by atoms with Gasteiger partial charge in [0.15, 0.2) is 0 Å². The normalized spacial score (nSPS) is 20.9. The smallest absolute Gasteiger partial charge is 0.282 e. The van der Waals surface area contributed by atoms with Gasteiger partial charge in [0, 0.05) is 38.9 Å². The first-order valence-corrected chi connectivity index (χ1v) is 8.40. The second kappa shape index (κ2) is 6.83. The standard InChI is InChI=1S/C14H21FN2O3S/c1-16(10-13-6-2-3-7-14(13)15)21(19,20)17-8-4-5-12(9-17)11-18/h2-3,6-7,12,18H,4-5,8-11H2,1H3. The van der Waals surface area contributed by atoms with Crippen LogP contribution in [0.15, 0.2) is 24.3 Å². The summed E-state index contributed by atoms with van der Waals surface area (Å²) in [7, 11) is -2.18. The Hall–Kier alpha value is -1.02. The highest BCUT2D eigenvalue weighted by Crippen LogP contribution is 2.21. The number of aliphatic hydroxyl groups excluding tert-OH is 1. The molecule has 1 aromatic rings. The minimum Gasteiger partial charge on any atom is -0.396 e. The van der Waals surface area contributed by atoms with Crippen molar-refractivity contribution < 1.29 is 17.9 Å². The van der Waals surface area contributed by atoms with Crippen LogP contribution < -0.4 is 0 Å². The average Bonchev–Trinajstić information content (AvgIpc) is 2.49. The van der Waals surface area contributed by atoms with Crippen LogP contribution in [-0.2, 0) is 16.8 Å². The zero-order chi connectivity index (χ0) is 15.5. The summed E-state index contributed by atoms with van der Waals surface area (Å²) in [4.78, 5) is 0. The molecule has 1 aliphatic heterocycles. The van der Waals surface area contributed by atoms with E-state index in [0.717, 1.165) is 17.1 Å². The molecule has 2 rings (SSSR count). The van der Waals surface area contributed by atoms with E-state index in [0.29, 0.717) is 18.7 Å². The zero-order valence-corrected chi connectivity index (χ0v) is 12.9. The summed E-state index contributed by atoms with van der Waals surface area (Å²) in [6.45, 7) is 0.749. The lowest BCUT2D eigenvalue weighted by atomic mass is 10.0. The van der Waals surface area contributed by atoms with E-state index in [1.54, 1.807) is 18.2 Å². The van der Waals surface area contributed by atoms with Crippen LogP contribution >= 0.6 is 0 Å². The van der Waals surface area contributed by atoms with E-state index in [1.807, 2.05) is 0 Å². The molecule has 21 heavy (non-hydrogen) atoms. The van der Waals surface area contributed by atoms with Crippen LogP contribution in [0.2, 0.25) is 0 Å². The van der Waals surface area contributed by atoms with Crippen LogP contribution in [0.25, 0.3) is 0 Å². The van der Waals surface area contributed by atoms with Gasteiger partial charge in [-0.15, -0.1) is 0 Å². The van der Waals surface area contributed by atoms with Crippen molar-refractivity contribution in [1.82, 2.24) is 8.61 Å². The van der Waals surface area contributed by atoms with Crippen LogP contribution in [0.3, 0.4) is 0 Å². The third-order valence-electron chi connectivity index (χ3n) is 3.81. The molecule has 0 aromatic heterocycles. The first-order chi connectivity index (χ1) is 9.95. The third-order valence-corrected chi connectivity index (χ3v) is 5.71. The van der Waals surface area contributed by atoms with Crippen molar-refractivity contribution in [3.63, 3.8) is 0 Å². The highest BCUT2D eigenvalue weighted by atomic mass is 32.2. The zero-order valence-electron chi connectivity index (χ0n) is 12.1. The van der Waals surface area contributed by atoms with E-state index in [-0.39, 0.29) is 19.1 Å². The Balaban J connectivity index is 2.10. The number of halogens is 1. The summed E-state index contributed by atoms with van der Waals surface area (Å²) < 4.78 is 41.2. The molecule has 0 bridgehead atoms. The van der Waals surface area contributed by atoms with Gasteiger partial charge in [-0.3, -0.25) is 0 Å². The quantitative estimate of drug-likeness (QED) is 0.888. The van der Waals surface area contributed by atoms with E-state index in [4.69, 9.17) is 0 Å². The summed E-state index contributed by atoms with van der Waals surface area (Å²) in [5, 5.41) is 9.20. The lowest BCUT2D eigenvalue weighted by Gasteiger charge is -2.33. The lowest BCUT2D eigenvalue weighted by molar-refractivity contribution is 0.161. The van der Waals surface area contributed by atoms with E-state index < -0.39 is 16.0 Å². The molecule has 0 saturated carbocycles. The molecule has 0 radical (unpaired) electrons. The molecular weight excluding hydrogens is 295 g/mol. The molecule has 118 valence electrons. The molecule has 0 amide bonds. The minimum atomic E-state index is -3.63. The monoisotopic (exact) mass is 316 g/mol. The van der Waals surface area contributed by atoms with Crippen LogP contribution in [-0.4, -0.2) is 48.9 Å². The topological polar surface area (TPSA) is 60.9 Å². The third kappa shape index (κ3) is 3.79. The number of benzene rings is 1. The lowest BCUT2D eigenvalue weighted by Crippen LogP contribution is -2.47. The molecule has 1 N–H and O–H groups in total. The Kier molecular flexibility index (Phi) is 5.32. The molecule has 1 heterocycles. The molecule has 5 nitrogen and oxygen atoms in total. The summed E-state index contributed by atoms with van der Waals surface area (Å²) in [5.41, 5.74) is 0.347. The van der Waals surface area contributed by atoms with Gasteiger partial charge in [-0.1, -0.05) is 18.2 Å². The van der Waals surface area contributed by atoms with E-state index in [1.165, 1.54) is 17.4 Å². The Morgan fingerprint density at radius 2 is 2.14 bits per heavy atom. The highest BCUT2D eigenvalue weighted by Gasteiger charge is 2.31. The van der Waals surface area contributed by atoms with Crippen molar-refractivity contribution in [2.24, 2.45) is 5.92 Å². The Morgan fingerprint density at radius 3 is 2.81 bits per heavy atom. The highest BCUT2D eigenvalue weighted by molar-refractivity contribution is 7.86. The summed E-state index contributed by atoms with van der Waals surface area (Å²) in [5.74, 6) is -0.429. The minimum absolute atomic E-state index is 0.00466. The molecule has 1 aliphatic rings. The van der Waals surface area contributed by atoms with Crippen LogP contribution in [0.5, 0.6) is 0 Å². The SMILES string of the molecule is CN(Cc1ccccc1F)S(=O)(=O)N1CCCC(CO)C1. The van der Waals surface area contributed by atoms with Gasteiger partial charge in [0.1, 0.15) is 5.82 Å². The van der Waals surface area contributed by atoms with Crippen LogP contribution in [0.1, 0.15) is 18.4 Å².